The molecule has 90 valence electrons. The van der Waals surface area contributed by atoms with Crippen molar-refractivity contribution in [3.8, 4) is 0 Å². The molecule has 0 heterocycles. The fourth-order valence-corrected chi connectivity index (χ4v) is 0.730. The molecule has 0 aromatic rings. The van der Waals surface area contributed by atoms with E-state index in [0.717, 1.165) is 0 Å². The minimum absolute atomic E-state index is 0.310. The van der Waals surface area contributed by atoms with Crippen molar-refractivity contribution in [2.45, 2.75) is 39.9 Å². The van der Waals surface area contributed by atoms with Crippen LogP contribution in [0.4, 0.5) is 0 Å². The molecule has 2 atom stereocenters. The normalized spacial score (nSPS) is 13.5. The van der Waals surface area contributed by atoms with E-state index in [2.05, 4.69) is 13.2 Å². The zero-order valence-electron chi connectivity index (χ0n) is 10.2. The number of carbonyl (C=O) groups is 2. The van der Waals surface area contributed by atoms with E-state index in [1.165, 1.54) is 0 Å². The van der Waals surface area contributed by atoms with Crippen molar-refractivity contribution in [2.24, 2.45) is 0 Å². The van der Waals surface area contributed by atoms with Gasteiger partial charge in [0.05, 0.1) is 0 Å². The Morgan fingerprint density at radius 2 is 1.12 bits per heavy atom. The predicted octanol–water partition coefficient (Wildman–Crippen LogP) is 2.00. The number of esters is 2. The van der Waals surface area contributed by atoms with Crippen LogP contribution in [-0.2, 0) is 19.1 Å². The van der Waals surface area contributed by atoms with Crippen molar-refractivity contribution in [1.29, 1.82) is 0 Å². The molecule has 0 spiro atoms. The van der Waals surface area contributed by atoms with Gasteiger partial charge in [-0.25, -0.2) is 9.59 Å². The summed E-state index contributed by atoms with van der Waals surface area (Å²) in [5, 5.41) is 0. The van der Waals surface area contributed by atoms with Crippen molar-refractivity contribution < 1.29 is 19.1 Å². The third kappa shape index (κ3) is 4.77. The lowest BCUT2D eigenvalue weighted by Gasteiger charge is -2.20. The van der Waals surface area contributed by atoms with Crippen LogP contribution < -0.4 is 0 Å². The molecule has 4 heteroatoms. The van der Waals surface area contributed by atoms with Gasteiger partial charge in [-0.3, -0.25) is 0 Å². The third-order valence-corrected chi connectivity index (χ3v) is 1.94. The van der Waals surface area contributed by atoms with Crippen LogP contribution in [0.25, 0.3) is 0 Å². The molecule has 0 aromatic carbocycles. The molecule has 0 saturated carbocycles. The van der Waals surface area contributed by atoms with E-state index in [-0.39, 0.29) is 0 Å². The second kappa shape index (κ2) is 6.10. The number of carbonyl (C=O) groups excluding carboxylic acids is 2. The van der Waals surface area contributed by atoms with Crippen molar-refractivity contribution in [3.63, 3.8) is 0 Å². The van der Waals surface area contributed by atoms with Gasteiger partial charge < -0.3 is 9.47 Å². The average Bonchev–Trinajstić information content (AvgIpc) is 2.16. The molecule has 0 rings (SSSR count). The van der Waals surface area contributed by atoms with E-state index < -0.39 is 24.1 Å². The Morgan fingerprint density at radius 1 is 0.875 bits per heavy atom. The van der Waals surface area contributed by atoms with Crippen molar-refractivity contribution >= 4 is 11.9 Å². The van der Waals surface area contributed by atoms with Gasteiger partial charge in [-0.2, -0.15) is 0 Å². The second-order valence-electron chi connectivity index (χ2n) is 3.78. The summed E-state index contributed by atoms with van der Waals surface area (Å²) in [6, 6.07) is 0. The summed E-state index contributed by atoms with van der Waals surface area (Å²) < 4.78 is 10.0. The lowest BCUT2D eigenvalue weighted by atomic mass is 10.2. The molecule has 0 aliphatic heterocycles. The van der Waals surface area contributed by atoms with E-state index >= 15 is 0 Å². The van der Waals surface area contributed by atoms with Crippen LogP contribution in [0.2, 0.25) is 0 Å². The molecular weight excluding hydrogens is 208 g/mol. The fraction of sp³-hybridized carbons (Fsp3) is 0.500. The topological polar surface area (TPSA) is 52.6 Å². The van der Waals surface area contributed by atoms with Crippen LogP contribution in [0, 0.1) is 0 Å². The van der Waals surface area contributed by atoms with Gasteiger partial charge in [0, 0.05) is 11.1 Å². The first kappa shape index (κ1) is 14.4. The molecule has 2 unspecified atom stereocenters. The maximum absolute atomic E-state index is 11.2. The first-order valence-corrected chi connectivity index (χ1v) is 4.98. The van der Waals surface area contributed by atoms with Crippen LogP contribution in [0.5, 0.6) is 0 Å². The lowest BCUT2D eigenvalue weighted by Crippen LogP contribution is -2.31. The lowest BCUT2D eigenvalue weighted by molar-refractivity contribution is -0.160. The maximum atomic E-state index is 11.2. The van der Waals surface area contributed by atoms with Gasteiger partial charge >= 0.3 is 11.9 Å². The van der Waals surface area contributed by atoms with E-state index in [1.807, 2.05) is 0 Å². The Kier molecular flexibility index (Phi) is 5.50. The second-order valence-corrected chi connectivity index (χ2v) is 3.78. The third-order valence-electron chi connectivity index (χ3n) is 1.94. The highest BCUT2D eigenvalue weighted by atomic mass is 16.6. The molecule has 0 aromatic heterocycles. The van der Waals surface area contributed by atoms with E-state index in [9.17, 15) is 9.59 Å². The monoisotopic (exact) mass is 226 g/mol. The van der Waals surface area contributed by atoms with Crippen LogP contribution in [0.3, 0.4) is 0 Å². The fourth-order valence-electron chi connectivity index (χ4n) is 0.730. The van der Waals surface area contributed by atoms with Crippen molar-refractivity contribution in [2.75, 3.05) is 0 Å². The number of ether oxygens (including phenoxy) is 2. The van der Waals surface area contributed by atoms with Gasteiger partial charge in [-0.1, -0.05) is 13.2 Å². The molecule has 0 amide bonds. The number of hydrogen-bond acceptors (Lipinski definition) is 4. The molecule has 0 radical (unpaired) electrons. The first-order chi connectivity index (χ1) is 7.25. The summed E-state index contributed by atoms with van der Waals surface area (Å²) in [5.74, 6) is -0.989. The smallest absolute Gasteiger partial charge is 0.333 e. The minimum Gasteiger partial charge on any atom is -0.455 e. The van der Waals surface area contributed by atoms with Crippen LogP contribution in [0.15, 0.2) is 24.3 Å². The van der Waals surface area contributed by atoms with Gasteiger partial charge in [-0.15, -0.1) is 0 Å². The summed E-state index contributed by atoms with van der Waals surface area (Å²) in [6.45, 7) is 13.3. The average molecular weight is 226 g/mol. The molecule has 16 heavy (non-hydrogen) atoms. The SMILES string of the molecule is C=C(C)C(=O)OC(C)C(C)OC(=O)C(=C)C. The Bertz CT molecular complexity index is 285. The Morgan fingerprint density at radius 3 is 1.31 bits per heavy atom. The first-order valence-electron chi connectivity index (χ1n) is 4.98. The van der Waals surface area contributed by atoms with E-state index in [4.69, 9.17) is 9.47 Å². The quantitative estimate of drug-likeness (QED) is 0.531. The van der Waals surface area contributed by atoms with Gasteiger partial charge in [0.25, 0.3) is 0 Å². The van der Waals surface area contributed by atoms with Gasteiger partial charge in [0.15, 0.2) is 0 Å². The zero-order chi connectivity index (χ0) is 12.9. The summed E-state index contributed by atoms with van der Waals surface area (Å²) in [6.07, 6.45) is -1.04. The van der Waals surface area contributed by atoms with Crippen LogP contribution in [0.1, 0.15) is 27.7 Å². The highest BCUT2D eigenvalue weighted by Gasteiger charge is 2.20. The Balaban J connectivity index is 4.24. The molecule has 0 saturated heterocycles. The molecule has 4 nitrogen and oxygen atoms in total. The number of rotatable bonds is 5. The molecule has 0 N–H and O–H groups in total. The summed E-state index contributed by atoms with van der Waals surface area (Å²) in [4.78, 5) is 22.4. The van der Waals surface area contributed by atoms with E-state index in [1.54, 1.807) is 27.7 Å². The summed E-state index contributed by atoms with van der Waals surface area (Å²) in [7, 11) is 0. The summed E-state index contributed by atoms with van der Waals surface area (Å²) in [5.41, 5.74) is 0.621. The molecule has 0 bridgehead atoms. The van der Waals surface area contributed by atoms with Crippen molar-refractivity contribution in [3.05, 3.63) is 24.3 Å². The van der Waals surface area contributed by atoms with Crippen LogP contribution >= 0.6 is 0 Å². The van der Waals surface area contributed by atoms with Crippen molar-refractivity contribution in [1.82, 2.24) is 0 Å². The van der Waals surface area contributed by atoms with Gasteiger partial charge in [0.2, 0.25) is 0 Å². The van der Waals surface area contributed by atoms with Gasteiger partial charge in [-0.05, 0) is 27.7 Å². The Hall–Kier alpha value is -1.58. The molecule has 0 aliphatic rings. The number of hydrogen-bond donors (Lipinski definition) is 0. The standard InChI is InChI=1S/C12H18O4/c1-7(2)11(13)15-9(5)10(6)16-12(14)8(3)4/h9-10H,1,3H2,2,4-6H3. The summed E-state index contributed by atoms with van der Waals surface area (Å²) >= 11 is 0. The largest absolute Gasteiger partial charge is 0.455 e. The Labute approximate surface area is 95.9 Å². The zero-order valence-corrected chi connectivity index (χ0v) is 10.2. The van der Waals surface area contributed by atoms with Crippen LogP contribution in [-0.4, -0.2) is 24.1 Å². The maximum Gasteiger partial charge on any atom is 0.333 e. The highest BCUT2D eigenvalue weighted by Crippen LogP contribution is 2.08. The van der Waals surface area contributed by atoms with Gasteiger partial charge in [0.1, 0.15) is 12.2 Å². The highest BCUT2D eigenvalue weighted by molar-refractivity contribution is 5.87. The predicted molar refractivity (Wildman–Crippen MR) is 60.7 cm³/mol. The minimum atomic E-state index is -0.521. The van der Waals surface area contributed by atoms with E-state index in [0.29, 0.717) is 11.1 Å². The molecular formula is C12H18O4. The molecule has 0 aliphatic carbocycles. The molecule has 0 fully saturated rings.